The average Bonchev–Trinajstić information content (AvgIpc) is 2.39. The monoisotopic (exact) mass is 223 g/mol. The Morgan fingerprint density at radius 3 is 2.53 bits per heavy atom. The molecule has 0 heterocycles. The Morgan fingerprint density at radius 2 is 1.94 bits per heavy atom. The summed E-state index contributed by atoms with van der Waals surface area (Å²) in [4.78, 5) is 0. The number of allylic oxidation sites excluding steroid dienone is 4. The van der Waals surface area contributed by atoms with Gasteiger partial charge >= 0.3 is 0 Å². The molecule has 1 heteroatoms. The molecule has 0 saturated heterocycles. The van der Waals surface area contributed by atoms with Crippen LogP contribution in [0.5, 0.6) is 0 Å². The van der Waals surface area contributed by atoms with Gasteiger partial charge in [0.05, 0.1) is 0 Å². The Labute approximate surface area is 103 Å². The van der Waals surface area contributed by atoms with E-state index < -0.39 is 0 Å². The van der Waals surface area contributed by atoms with Crippen molar-refractivity contribution < 1.29 is 0 Å². The third kappa shape index (κ3) is 3.26. The van der Waals surface area contributed by atoms with Crippen LogP contribution in [0.15, 0.2) is 48.1 Å². The highest BCUT2D eigenvalue weighted by Crippen LogP contribution is 2.15. The van der Waals surface area contributed by atoms with Crippen LogP contribution in [-0.4, -0.2) is 7.05 Å². The van der Waals surface area contributed by atoms with Gasteiger partial charge in [-0.05, 0) is 36.6 Å². The van der Waals surface area contributed by atoms with Crippen molar-refractivity contribution in [1.29, 1.82) is 0 Å². The molecule has 0 radical (unpaired) electrons. The molecule has 1 aliphatic rings. The predicted octanol–water partition coefficient (Wildman–Crippen LogP) is 3.60. The summed E-state index contributed by atoms with van der Waals surface area (Å²) in [5.41, 5.74) is 3.29. The second kappa shape index (κ2) is 5.41. The first kappa shape index (κ1) is 11.5. The molecule has 0 amide bonds. The van der Waals surface area contributed by atoms with E-state index in [1.165, 1.54) is 0 Å². The molecule has 86 valence electrons. The molecule has 0 aromatic heterocycles. The number of anilines is 1. The minimum absolute atomic E-state index is 0.649. The molecule has 0 fully saturated rings. The van der Waals surface area contributed by atoms with Gasteiger partial charge in [-0.3, -0.25) is 0 Å². The molecule has 0 saturated carbocycles. The normalized spacial score (nSPS) is 18.0. The molecule has 2 rings (SSSR count). The molecule has 1 aromatic rings. The van der Waals surface area contributed by atoms with E-state index in [0.717, 1.165) is 23.2 Å². The smallest absolute Gasteiger partial charge is 0.0338 e. The van der Waals surface area contributed by atoms with Crippen LogP contribution in [0.3, 0.4) is 0 Å². The number of benzene rings is 1. The van der Waals surface area contributed by atoms with E-state index in [1.807, 2.05) is 31.3 Å². The molecule has 1 N–H and O–H groups in total. The molecule has 1 atom stereocenters. The summed E-state index contributed by atoms with van der Waals surface area (Å²) >= 11 is 0. The van der Waals surface area contributed by atoms with Gasteiger partial charge in [0.2, 0.25) is 0 Å². The van der Waals surface area contributed by atoms with E-state index in [4.69, 9.17) is 0 Å². The van der Waals surface area contributed by atoms with Gasteiger partial charge < -0.3 is 5.32 Å². The van der Waals surface area contributed by atoms with E-state index in [9.17, 15) is 0 Å². The van der Waals surface area contributed by atoms with E-state index in [1.54, 1.807) is 0 Å². The van der Waals surface area contributed by atoms with Crippen LogP contribution in [0, 0.1) is 17.8 Å². The topological polar surface area (TPSA) is 12.0 Å². The average molecular weight is 223 g/mol. The van der Waals surface area contributed by atoms with Crippen molar-refractivity contribution in [3.63, 3.8) is 0 Å². The fraction of sp³-hybridized carbons (Fsp3) is 0.250. The van der Waals surface area contributed by atoms with Crippen molar-refractivity contribution in [2.24, 2.45) is 5.92 Å². The lowest BCUT2D eigenvalue weighted by atomic mass is 9.99. The molecule has 0 spiro atoms. The Bertz CT molecular complexity index is 495. The first-order valence-electron chi connectivity index (χ1n) is 5.96. The predicted molar refractivity (Wildman–Crippen MR) is 73.9 cm³/mol. The quantitative estimate of drug-likeness (QED) is 0.717. The second-order valence-corrected chi connectivity index (χ2v) is 4.31. The summed E-state index contributed by atoms with van der Waals surface area (Å²) in [6, 6.07) is 8.15. The first-order valence-corrected chi connectivity index (χ1v) is 5.96. The Balaban J connectivity index is 2.08. The summed E-state index contributed by atoms with van der Waals surface area (Å²) in [6.07, 6.45) is 7.64. The van der Waals surface area contributed by atoms with Crippen molar-refractivity contribution in [2.75, 3.05) is 12.4 Å². The summed E-state index contributed by atoms with van der Waals surface area (Å²) in [7, 11) is 1.92. The zero-order valence-corrected chi connectivity index (χ0v) is 10.3. The van der Waals surface area contributed by atoms with Crippen molar-refractivity contribution in [2.45, 2.75) is 13.3 Å². The minimum atomic E-state index is 0.649. The molecule has 0 bridgehead atoms. The summed E-state index contributed by atoms with van der Waals surface area (Å²) in [5, 5.41) is 3.09. The van der Waals surface area contributed by atoms with E-state index >= 15 is 0 Å². The highest BCUT2D eigenvalue weighted by atomic mass is 14.8. The van der Waals surface area contributed by atoms with Gasteiger partial charge in [-0.2, -0.15) is 0 Å². The molecular formula is C16H17N. The molecular weight excluding hydrogens is 206 g/mol. The summed E-state index contributed by atoms with van der Waals surface area (Å²) < 4.78 is 0. The van der Waals surface area contributed by atoms with E-state index in [2.05, 4.69) is 42.3 Å². The van der Waals surface area contributed by atoms with E-state index in [0.29, 0.717) is 5.92 Å². The van der Waals surface area contributed by atoms with Crippen molar-refractivity contribution in [3.05, 3.63) is 53.6 Å². The highest BCUT2D eigenvalue weighted by molar-refractivity contribution is 5.50. The van der Waals surface area contributed by atoms with Gasteiger partial charge in [-0.25, -0.2) is 0 Å². The van der Waals surface area contributed by atoms with Crippen molar-refractivity contribution in [1.82, 2.24) is 0 Å². The van der Waals surface area contributed by atoms with Gasteiger partial charge in [-0.1, -0.05) is 37.0 Å². The van der Waals surface area contributed by atoms with Crippen LogP contribution < -0.4 is 5.32 Å². The Kier molecular flexibility index (Phi) is 3.67. The van der Waals surface area contributed by atoms with Gasteiger partial charge in [0, 0.05) is 23.9 Å². The largest absolute Gasteiger partial charge is 0.388 e. The zero-order chi connectivity index (χ0) is 12.1. The molecule has 1 nitrogen and oxygen atoms in total. The molecule has 1 aliphatic carbocycles. The summed E-state index contributed by atoms with van der Waals surface area (Å²) in [5.74, 6) is 7.03. The first-order chi connectivity index (χ1) is 8.28. The van der Waals surface area contributed by atoms with E-state index in [-0.39, 0.29) is 0 Å². The van der Waals surface area contributed by atoms with Gasteiger partial charge in [-0.15, -0.1) is 0 Å². The fourth-order valence-electron chi connectivity index (χ4n) is 1.68. The van der Waals surface area contributed by atoms with Crippen LogP contribution in [0.4, 0.5) is 5.69 Å². The van der Waals surface area contributed by atoms with Gasteiger partial charge in [0.1, 0.15) is 0 Å². The van der Waals surface area contributed by atoms with Crippen LogP contribution in [0.1, 0.15) is 18.9 Å². The Hall–Kier alpha value is -1.94. The lowest BCUT2D eigenvalue weighted by Gasteiger charge is -2.06. The third-order valence-electron chi connectivity index (χ3n) is 2.84. The number of hydrogen-bond acceptors (Lipinski definition) is 1. The maximum atomic E-state index is 3.20. The van der Waals surface area contributed by atoms with Crippen LogP contribution >= 0.6 is 0 Å². The maximum absolute atomic E-state index is 3.20. The lowest BCUT2D eigenvalue weighted by molar-refractivity contribution is 0.734. The number of hydrogen-bond donors (Lipinski definition) is 1. The number of nitrogens with one attached hydrogen (secondary N) is 1. The SMILES string of the molecule is CNc1ccc(C#CC2=CCC(C)C=C2)cc1. The van der Waals surface area contributed by atoms with Crippen LogP contribution in [-0.2, 0) is 0 Å². The molecule has 17 heavy (non-hydrogen) atoms. The fourth-order valence-corrected chi connectivity index (χ4v) is 1.68. The second-order valence-electron chi connectivity index (χ2n) is 4.31. The standard InChI is InChI=1S/C16H17N/c1-13-3-5-14(6-4-13)7-8-15-9-11-16(17-2)12-10-15/h3,5-6,9-13,17H,4H2,1-2H3. The highest BCUT2D eigenvalue weighted by Gasteiger charge is 2.00. The van der Waals surface area contributed by atoms with Crippen LogP contribution in [0.25, 0.3) is 0 Å². The van der Waals surface area contributed by atoms with Crippen molar-refractivity contribution in [3.8, 4) is 11.8 Å². The minimum Gasteiger partial charge on any atom is -0.388 e. The zero-order valence-electron chi connectivity index (χ0n) is 10.3. The van der Waals surface area contributed by atoms with Crippen molar-refractivity contribution >= 4 is 5.69 Å². The van der Waals surface area contributed by atoms with Crippen LogP contribution in [0.2, 0.25) is 0 Å². The molecule has 0 aliphatic heterocycles. The van der Waals surface area contributed by atoms with Gasteiger partial charge in [0.15, 0.2) is 0 Å². The molecule has 1 aromatic carbocycles. The Morgan fingerprint density at radius 1 is 1.18 bits per heavy atom. The molecule has 1 unspecified atom stereocenters. The summed E-state index contributed by atoms with van der Waals surface area (Å²) in [6.45, 7) is 2.22. The third-order valence-corrected chi connectivity index (χ3v) is 2.84. The maximum Gasteiger partial charge on any atom is 0.0338 e. The number of rotatable bonds is 1. The lowest BCUT2D eigenvalue weighted by Crippen LogP contribution is -1.92. The van der Waals surface area contributed by atoms with Gasteiger partial charge in [0.25, 0.3) is 0 Å².